The van der Waals surface area contributed by atoms with Crippen molar-refractivity contribution in [2.75, 3.05) is 58.4 Å². The van der Waals surface area contributed by atoms with Gasteiger partial charge in [0.2, 0.25) is 5.91 Å². The molecule has 0 unspecified atom stereocenters. The molecular formula is C28H33N5O4. The highest BCUT2D eigenvalue weighted by Crippen LogP contribution is 2.31. The molecule has 0 atom stereocenters. The Kier molecular flexibility index (Phi) is 8.22. The van der Waals surface area contributed by atoms with Gasteiger partial charge >= 0.3 is 0 Å². The van der Waals surface area contributed by atoms with Crippen LogP contribution in [0.4, 0.5) is 5.82 Å². The van der Waals surface area contributed by atoms with Crippen molar-refractivity contribution in [1.82, 2.24) is 20.0 Å². The van der Waals surface area contributed by atoms with Gasteiger partial charge in [0.05, 0.1) is 19.9 Å². The number of aryl methyl sites for hydroxylation is 1. The second-order valence-corrected chi connectivity index (χ2v) is 8.90. The highest BCUT2D eigenvalue weighted by atomic mass is 16.5. The molecule has 1 saturated heterocycles. The van der Waals surface area contributed by atoms with E-state index in [9.17, 15) is 9.59 Å². The van der Waals surface area contributed by atoms with Crippen molar-refractivity contribution in [3.05, 3.63) is 65.7 Å². The summed E-state index contributed by atoms with van der Waals surface area (Å²) in [5, 5.41) is 8.82. The molecule has 1 aliphatic heterocycles. The van der Waals surface area contributed by atoms with Crippen molar-refractivity contribution in [1.29, 1.82) is 0 Å². The summed E-state index contributed by atoms with van der Waals surface area (Å²) < 4.78 is 10.7. The number of ether oxygens (including phenoxy) is 2. The number of benzene rings is 2. The summed E-state index contributed by atoms with van der Waals surface area (Å²) in [5.74, 6) is 1.89. The van der Waals surface area contributed by atoms with Gasteiger partial charge in [0.15, 0.2) is 17.3 Å². The van der Waals surface area contributed by atoms with E-state index in [1.54, 1.807) is 31.3 Å². The number of carbonyl (C=O) groups excluding carboxylic acids is 2. The molecule has 0 aliphatic carbocycles. The van der Waals surface area contributed by atoms with Gasteiger partial charge in [0.1, 0.15) is 6.54 Å². The molecule has 1 aromatic heterocycles. The lowest BCUT2D eigenvalue weighted by Crippen LogP contribution is -2.52. The van der Waals surface area contributed by atoms with Crippen LogP contribution in [0.2, 0.25) is 0 Å². The first-order chi connectivity index (χ1) is 17.9. The van der Waals surface area contributed by atoms with Crippen molar-refractivity contribution in [2.45, 2.75) is 13.8 Å². The molecular weight excluding hydrogens is 470 g/mol. The lowest BCUT2D eigenvalue weighted by atomic mass is 10.1. The fourth-order valence-electron chi connectivity index (χ4n) is 4.30. The van der Waals surface area contributed by atoms with Crippen LogP contribution in [0.25, 0.3) is 11.3 Å². The van der Waals surface area contributed by atoms with Gasteiger partial charge in [-0.1, -0.05) is 17.7 Å². The van der Waals surface area contributed by atoms with Crippen LogP contribution < -0.4 is 14.4 Å². The fraction of sp³-hybridized carbons (Fsp3) is 0.357. The van der Waals surface area contributed by atoms with Gasteiger partial charge in [-0.05, 0) is 56.3 Å². The number of anilines is 1. The van der Waals surface area contributed by atoms with E-state index in [1.165, 1.54) is 0 Å². The molecule has 1 fully saturated rings. The summed E-state index contributed by atoms with van der Waals surface area (Å²) in [6.07, 6.45) is 0. The minimum absolute atomic E-state index is 0.0446. The fourth-order valence-corrected chi connectivity index (χ4v) is 4.30. The van der Waals surface area contributed by atoms with Crippen LogP contribution in [0.5, 0.6) is 11.5 Å². The van der Waals surface area contributed by atoms with Gasteiger partial charge in [0.25, 0.3) is 5.91 Å². The number of rotatable bonds is 8. The molecule has 3 aromatic rings. The standard InChI is InChI=1S/C28H33N5O4/c1-5-31(28(35)21-8-6-20(2)7-9-21)19-27(34)33-16-14-32(15-17-33)26-13-11-23(29-30-26)22-10-12-24(36-3)25(18-22)37-4/h6-13,18H,5,14-17,19H2,1-4H3. The van der Waals surface area contributed by atoms with Crippen LogP contribution in [0, 0.1) is 6.92 Å². The van der Waals surface area contributed by atoms with Crippen LogP contribution in [0.3, 0.4) is 0 Å². The van der Waals surface area contributed by atoms with Crippen molar-refractivity contribution in [2.24, 2.45) is 0 Å². The molecule has 0 saturated carbocycles. The minimum Gasteiger partial charge on any atom is -0.493 e. The van der Waals surface area contributed by atoms with E-state index in [4.69, 9.17) is 9.47 Å². The summed E-state index contributed by atoms with van der Waals surface area (Å²) in [6.45, 7) is 6.84. The molecule has 0 spiro atoms. The maximum Gasteiger partial charge on any atom is 0.254 e. The Morgan fingerprint density at radius 2 is 1.59 bits per heavy atom. The highest BCUT2D eigenvalue weighted by molar-refractivity contribution is 5.96. The van der Waals surface area contributed by atoms with Gasteiger partial charge in [-0.2, -0.15) is 0 Å². The van der Waals surface area contributed by atoms with Crippen LogP contribution in [0.1, 0.15) is 22.8 Å². The molecule has 4 rings (SSSR count). The van der Waals surface area contributed by atoms with E-state index in [0.717, 1.165) is 22.6 Å². The third kappa shape index (κ3) is 5.99. The quantitative estimate of drug-likeness (QED) is 0.466. The van der Waals surface area contributed by atoms with E-state index >= 15 is 0 Å². The average molecular weight is 504 g/mol. The second kappa shape index (κ2) is 11.7. The molecule has 0 N–H and O–H groups in total. The largest absolute Gasteiger partial charge is 0.493 e. The topological polar surface area (TPSA) is 88.1 Å². The summed E-state index contributed by atoms with van der Waals surface area (Å²) in [5.41, 5.74) is 3.30. The SMILES string of the molecule is CCN(CC(=O)N1CCN(c2ccc(-c3ccc(OC)c(OC)c3)nn2)CC1)C(=O)c1ccc(C)cc1. The van der Waals surface area contributed by atoms with Gasteiger partial charge in [-0.15, -0.1) is 10.2 Å². The third-order valence-corrected chi connectivity index (χ3v) is 6.58. The van der Waals surface area contributed by atoms with Crippen molar-refractivity contribution in [3.63, 3.8) is 0 Å². The first kappa shape index (κ1) is 25.9. The number of carbonyl (C=O) groups is 2. The summed E-state index contributed by atoms with van der Waals surface area (Å²) in [4.78, 5) is 31.3. The molecule has 2 heterocycles. The van der Waals surface area contributed by atoms with Crippen LogP contribution in [-0.2, 0) is 4.79 Å². The Morgan fingerprint density at radius 1 is 0.892 bits per heavy atom. The number of hydrogen-bond acceptors (Lipinski definition) is 7. The Morgan fingerprint density at radius 3 is 2.19 bits per heavy atom. The second-order valence-electron chi connectivity index (χ2n) is 8.90. The van der Waals surface area contributed by atoms with Crippen LogP contribution in [-0.4, -0.2) is 85.3 Å². The first-order valence-electron chi connectivity index (χ1n) is 12.4. The lowest BCUT2D eigenvalue weighted by molar-refractivity contribution is -0.132. The Hall–Kier alpha value is -4.14. The predicted molar refractivity (Wildman–Crippen MR) is 142 cm³/mol. The zero-order valence-electron chi connectivity index (χ0n) is 21.8. The Balaban J connectivity index is 1.33. The number of methoxy groups -OCH3 is 2. The van der Waals surface area contributed by atoms with Gasteiger partial charge in [0, 0.05) is 43.9 Å². The normalized spacial score (nSPS) is 13.3. The zero-order chi connectivity index (χ0) is 26.4. The lowest BCUT2D eigenvalue weighted by Gasteiger charge is -2.36. The van der Waals surface area contributed by atoms with E-state index in [0.29, 0.717) is 49.8 Å². The van der Waals surface area contributed by atoms with E-state index in [-0.39, 0.29) is 18.4 Å². The Labute approximate surface area is 217 Å². The van der Waals surface area contributed by atoms with Crippen LogP contribution in [0.15, 0.2) is 54.6 Å². The molecule has 194 valence electrons. The number of aromatic nitrogens is 2. The van der Waals surface area contributed by atoms with Crippen LogP contribution >= 0.6 is 0 Å². The number of hydrogen-bond donors (Lipinski definition) is 0. The number of nitrogens with zero attached hydrogens (tertiary/aromatic N) is 5. The number of piperazine rings is 1. The molecule has 1 aliphatic rings. The summed E-state index contributed by atoms with van der Waals surface area (Å²) >= 11 is 0. The predicted octanol–water partition coefficient (Wildman–Crippen LogP) is 3.28. The maximum absolute atomic E-state index is 13.0. The highest BCUT2D eigenvalue weighted by Gasteiger charge is 2.25. The van der Waals surface area contributed by atoms with Crippen molar-refractivity contribution < 1.29 is 19.1 Å². The monoisotopic (exact) mass is 503 g/mol. The zero-order valence-corrected chi connectivity index (χ0v) is 21.8. The number of likely N-dealkylation sites (N-methyl/N-ethyl adjacent to an activating group) is 1. The molecule has 9 nitrogen and oxygen atoms in total. The average Bonchev–Trinajstić information content (AvgIpc) is 2.95. The first-order valence-corrected chi connectivity index (χ1v) is 12.4. The molecule has 0 bridgehead atoms. The minimum atomic E-state index is -0.126. The van der Waals surface area contributed by atoms with E-state index in [1.807, 2.05) is 61.2 Å². The molecule has 0 radical (unpaired) electrons. The smallest absolute Gasteiger partial charge is 0.254 e. The molecule has 9 heteroatoms. The van der Waals surface area contributed by atoms with E-state index in [2.05, 4.69) is 15.1 Å². The Bertz CT molecular complexity index is 1220. The van der Waals surface area contributed by atoms with E-state index < -0.39 is 0 Å². The third-order valence-electron chi connectivity index (χ3n) is 6.58. The van der Waals surface area contributed by atoms with Crippen molar-refractivity contribution >= 4 is 17.6 Å². The van der Waals surface area contributed by atoms with Gasteiger partial charge < -0.3 is 24.2 Å². The molecule has 2 aromatic carbocycles. The number of amides is 2. The van der Waals surface area contributed by atoms with Crippen molar-refractivity contribution in [3.8, 4) is 22.8 Å². The molecule has 2 amide bonds. The summed E-state index contributed by atoms with van der Waals surface area (Å²) in [6, 6.07) is 16.9. The maximum atomic E-state index is 13.0. The summed E-state index contributed by atoms with van der Waals surface area (Å²) in [7, 11) is 3.20. The van der Waals surface area contributed by atoms with Gasteiger partial charge in [-0.3, -0.25) is 9.59 Å². The molecule has 37 heavy (non-hydrogen) atoms. The van der Waals surface area contributed by atoms with Gasteiger partial charge in [-0.25, -0.2) is 0 Å².